The number of benzene rings is 2. The SMILES string of the molecule is CC1OC(OCC2OC(Oc3c(-c4ccc(O)c(O)c4)oc4cc(OC5OC(C)C(O)C(O)C5O)cc(O)c4c3=O)C(O)C(O)C2O)C(O)C(O)C1O. The van der Waals surface area contributed by atoms with Crippen LogP contribution in [0.4, 0.5) is 0 Å². The van der Waals surface area contributed by atoms with Crippen molar-refractivity contribution < 1.29 is 94.1 Å². The predicted molar refractivity (Wildman–Crippen MR) is 172 cm³/mol. The third kappa shape index (κ3) is 7.34. The maximum Gasteiger partial charge on any atom is 0.239 e. The second-order valence-electron chi connectivity index (χ2n) is 13.1. The van der Waals surface area contributed by atoms with Gasteiger partial charge in [-0.2, -0.15) is 0 Å². The van der Waals surface area contributed by atoms with Crippen molar-refractivity contribution >= 4 is 11.0 Å². The van der Waals surface area contributed by atoms with Gasteiger partial charge in [-0.15, -0.1) is 0 Å². The fraction of sp³-hybridized carbons (Fsp3) is 0.545. The summed E-state index contributed by atoms with van der Waals surface area (Å²) in [5, 5.41) is 124. The Morgan fingerprint density at radius 2 is 1.17 bits per heavy atom. The zero-order chi connectivity index (χ0) is 38.6. The summed E-state index contributed by atoms with van der Waals surface area (Å²) >= 11 is 0. The zero-order valence-electron chi connectivity index (χ0n) is 27.9. The number of hydrogen-bond donors (Lipinski definition) is 12. The normalized spacial score (nSPS) is 37.8. The van der Waals surface area contributed by atoms with E-state index >= 15 is 0 Å². The van der Waals surface area contributed by atoms with Gasteiger partial charge < -0.3 is 94.1 Å². The fourth-order valence-electron chi connectivity index (χ4n) is 6.14. The van der Waals surface area contributed by atoms with E-state index in [9.17, 15) is 66.1 Å². The van der Waals surface area contributed by atoms with Crippen LogP contribution in [0.3, 0.4) is 0 Å². The highest BCUT2D eigenvalue weighted by molar-refractivity contribution is 5.88. The van der Waals surface area contributed by atoms with Crippen molar-refractivity contribution in [2.45, 2.75) is 106 Å². The molecule has 12 N–H and O–H groups in total. The molecule has 15 atom stereocenters. The van der Waals surface area contributed by atoms with Gasteiger partial charge in [0, 0.05) is 17.7 Å². The van der Waals surface area contributed by atoms with Gasteiger partial charge in [-0.25, -0.2) is 0 Å². The lowest BCUT2D eigenvalue weighted by Crippen LogP contribution is -2.61. The first-order valence-corrected chi connectivity index (χ1v) is 16.4. The molecule has 3 fully saturated rings. The quantitative estimate of drug-likeness (QED) is 0.101. The molecule has 6 rings (SSSR count). The molecule has 2 aromatic carbocycles. The van der Waals surface area contributed by atoms with Crippen LogP contribution in [0, 0.1) is 0 Å². The molecular weight excluding hydrogens is 716 g/mol. The van der Waals surface area contributed by atoms with Gasteiger partial charge in [0.15, 0.2) is 23.5 Å². The molecule has 15 unspecified atom stereocenters. The van der Waals surface area contributed by atoms with Gasteiger partial charge in [0.1, 0.15) is 83.5 Å². The Labute approximate surface area is 298 Å². The van der Waals surface area contributed by atoms with Gasteiger partial charge in [-0.3, -0.25) is 4.79 Å². The molecule has 1 aromatic heterocycles. The molecule has 3 aromatic rings. The van der Waals surface area contributed by atoms with Crippen LogP contribution in [0.1, 0.15) is 13.8 Å². The first-order chi connectivity index (χ1) is 25.0. The van der Waals surface area contributed by atoms with Crippen molar-refractivity contribution in [1.82, 2.24) is 0 Å². The van der Waals surface area contributed by atoms with Crippen LogP contribution in [0.5, 0.6) is 28.7 Å². The molecule has 3 aliphatic rings. The molecule has 0 amide bonds. The van der Waals surface area contributed by atoms with Gasteiger partial charge in [-0.05, 0) is 32.0 Å². The van der Waals surface area contributed by atoms with E-state index in [1.165, 1.54) is 19.9 Å². The minimum Gasteiger partial charge on any atom is -0.507 e. The topological polar surface area (TPSA) is 328 Å². The van der Waals surface area contributed by atoms with Crippen LogP contribution >= 0.6 is 0 Å². The molecular formula is C33H40O20. The number of rotatable bonds is 8. The summed E-state index contributed by atoms with van der Waals surface area (Å²) in [7, 11) is 0. The standard InChI is InChI=1S/C33H40O20/c1-9-19(37)23(41)26(44)31(48-9)47-8-17-21(39)25(43)28(46)33(52-17)53-30-22(40)18-15(36)6-12(50-32-27(45)24(42)20(38)10(2)49-32)7-16(18)51-29(30)11-3-4-13(34)14(35)5-11/h3-7,9-10,17,19-21,23-28,31-39,41-46H,8H2,1-2H3. The number of hydrogen-bond acceptors (Lipinski definition) is 20. The molecule has 0 spiro atoms. The summed E-state index contributed by atoms with van der Waals surface area (Å²) in [4.78, 5) is 14.0. The molecule has 3 aliphatic heterocycles. The van der Waals surface area contributed by atoms with Gasteiger partial charge in [-0.1, -0.05) is 0 Å². The molecule has 53 heavy (non-hydrogen) atoms. The number of ether oxygens (including phenoxy) is 6. The highest BCUT2D eigenvalue weighted by atomic mass is 16.7. The maximum atomic E-state index is 14.0. The molecule has 20 nitrogen and oxygen atoms in total. The van der Waals surface area contributed by atoms with Crippen molar-refractivity contribution in [3.63, 3.8) is 0 Å². The summed E-state index contributed by atoms with van der Waals surface area (Å²) in [6.45, 7) is 2.18. The van der Waals surface area contributed by atoms with E-state index in [2.05, 4.69) is 0 Å². The van der Waals surface area contributed by atoms with Crippen LogP contribution in [0.15, 0.2) is 39.5 Å². The molecule has 20 heteroatoms. The average Bonchev–Trinajstić information content (AvgIpc) is 3.12. The third-order valence-electron chi connectivity index (χ3n) is 9.34. The Hall–Kier alpha value is -3.87. The second kappa shape index (κ2) is 15.1. The second-order valence-corrected chi connectivity index (χ2v) is 13.1. The lowest BCUT2D eigenvalue weighted by molar-refractivity contribution is -0.318. The number of phenols is 3. The summed E-state index contributed by atoms with van der Waals surface area (Å²) in [5.74, 6) is -3.42. The molecule has 0 bridgehead atoms. The van der Waals surface area contributed by atoms with Crippen molar-refractivity contribution in [3.8, 4) is 40.1 Å². The predicted octanol–water partition coefficient (Wildman–Crippen LogP) is -3.19. The molecule has 4 heterocycles. The van der Waals surface area contributed by atoms with Gasteiger partial charge in [0.05, 0.1) is 18.8 Å². The Morgan fingerprint density at radius 3 is 1.79 bits per heavy atom. The lowest BCUT2D eigenvalue weighted by Gasteiger charge is -2.42. The third-order valence-corrected chi connectivity index (χ3v) is 9.34. The number of aromatic hydroxyl groups is 3. The van der Waals surface area contributed by atoms with E-state index in [-0.39, 0.29) is 16.9 Å². The molecule has 0 saturated carbocycles. The van der Waals surface area contributed by atoms with Crippen molar-refractivity contribution in [1.29, 1.82) is 0 Å². The minimum atomic E-state index is -2.03. The van der Waals surface area contributed by atoms with Gasteiger partial charge >= 0.3 is 0 Å². The average molecular weight is 757 g/mol. The Bertz CT molecular complexity index is 1830. The number of aliphatic hydroxyl groups excluding tert-OH is 9. The van der Waals surface area contributed by atoms with E-state index in [1.54, 1.807) is 0 Å². The number of aliphatic hydroxyl groups is 9. The van der Waals surface area contributed by atoms with E-state index in [0.29, 0.717) is 0 Å². The van der Waals surface area contributed by atoms with Gasteiger partial charge in [0.2, 0.25) is 23.8 Å². The van der Waals surface area contributed by atoms with Crippen LogP contribution in [0.2, 0.25) is 0 Å². The highest BCUT2D eigenvalue weighted by Gasteiger charge is 2.48. The first kappa shape index (κ1) is 38.8. The molecule has 0 radical (unpaired) electrons. The molecule has 3 saturated heterocycles. The van der Waals surface area contributed by atoms with E-state index < -0.39 is 138 Å². The van der Waals surface area contributed by atoms with Crippen LogP contribution < -0.4 is 14.9 Å². The summed E-state index contributed by atoms with van der Waals surface area (Å²) in [6.07, 6.45) is -24.0. The molecule has 0 aliphatic carbocycles. The maximum absolute atomic E-state index is 14.0. The highest BCUT2D eigenvalue weighted by Crippen LogP contribution is 2.40. The Balaban J connectivity index is 1.34. The van der Waals surface area contributed by atoms with Crippen molar-refractivity contribution in [2.24, 2.45) is 0 Å². The van der Waals surface area contributed by atoms with E-state index in [4.69, 9.17) is 32.8 Å². The summed E-state index contributed by atoms with van der Waals surface area (Å²) < 4.78 is 39.3. The lowest BCUT2D eigenvalue weighted by atomic mass is 9.98. The number of fused-ring (bicyclic) bond motifs is 1. The zero-order valence-corrected chi connectivity index (χ0v) is 27.9. The fourth-order valence-corrected chi connectivity index (χ4v) is 6.14. The largest absolute Gasteiger partial charge is 0.507 e. The van der Waals surface area contributed by atoms with Crippen LogP contribution in [-0.2, 0) is 18.9 Å². The van der Waals surface area contributed by atoms with Crippen LogP contribution in [-0.4, -0.2) is 160 Å². The minimum absolute atomic E-state index is 0.0962. The van der Waals surface area contributed by atoms with Gasteiger partial charge in [0.25, 0.3) is 0 Å². The smallest absolute Gasteiger partial charge is 0.239 e. The Morgan fingerprint density at radius 1 is 0.604 bits per heavy atom. The summed E-state index contributed by atoms with van der Waals surface area (Å²) in [5.41, 5.74) is -1.55. The monoisotopic (exact) mass is 756 g/mol. The van der Waals surface area contributed by atoms with Crippen molar-refractivity contribution in [3.05, 3.63) is 40.6 Å². The molecule has 292 valence electrons. The summed E-state index contributed by atoms with van der Waals surface area (Å²) in [6, 6.07) is 5.31. The first-order valence-electron chi connectivity index (χ1n) is 16.4. The van der Waals surface area contributed by atoms with E-state index in [1.807, 2.05) is 0 Å². The Kier molecular flexibility index (Phi) is 11.1. The van der Waals surface area contributed by atoms with E-state index in [0.717, 1.165) is 24.3 Å². The van der Waals surface area contributed by atoms with Crippen molar-refractivity contribution in [2.75, 3.05) is 6.61 Å². The number of phenolic OH excluding ortho intramolecular Hbond substituents is 3. The van der Waals surface area contributed by atoms with Crippen LogP contribution in [0.25, 0.3) is 22.3 Å².